The van der Waals surface area contributed by atoms with E-state index in [1.165, 1.54) is 0 Å². The minimum atomic E-state index is -0.470. The van der Waals surface area contributed by atoms with E-state index in [4.69, 9.17) is 20.5 Å². The van der Waals surface area contributed by atoms with Gasteiger partial charge in [-0.25, -0.2) is 4.79 Å². The van der Waals surface area contributed by atoms with Crippen molar-refractivity contribution in [1.82, 2.24) is 5.32 Å². The number of carbonyl (C=O) groups is 1. The molecule has 1 N–H and O–H groups in total. The van der Waals surface area contributed by atoms with Gasteiger partial charge in [0.05, 0.1) is 17.2 Å². The zero-order valence-corrected chi connectivity index (χ0v) is 18.8. The molecule has 1 fully saturated rings. The number of ether oxygens (including phenoxy) is 1. The van der Waals surface area contributed by atoms with Crippen LogP contribution >= 0.6 is 0 Å². The fourth-order valence-electron chi connectivity index (χ4n) is 3.35. The van der Waals surface area contributed by atoms with Gasteiger partial charge in [-0.3, -0.25) is 0 Å². The van der Waals surface area contributed by atoms with Crippen LogP contribution in [0, 0.1) is 17.8 Å². The summed E-state index contributed by atoms with van der Waals surface area (Å²) in [6.07, 6.45) is 14.0. The second-order valence-electron chi connectivity index (χ2n) is 9.40. The molecule has 1 atom stereocenters. The number of alkyl carbamates (subject to hydrolysis) is 1. The van der Waals surface area contributed by atoms with Gasteiger partial charge in [0.25, 0.3) is 0 Å². The molecule has 1 saturated heterocycles. The normalized spacial score (nSPS) is 25.4. The van der Waals surface area contributed by atoms with Crippen molar-refractivity contribution in [3.8, 4) is 12.3 Å². The summed E-state index contributed by atoms with van der Waals surface area (Å²) in [6, 6.07) is -0.181. The second kappa shape index (κ2) is 8.81. The smallest absolute Gasteiger partial charge is 0.445 e. The van der Waals surface area contributed by atoms with E-state index in [0.717, 1.165) is 23.9 Å². The molecule has 2 rings (SSSR count). The predicted molar refractivity (Wildman–Crippen MR) is 117 cm³/mol. The number of amides is 1. The molecule has 1 unspecified atom stereocenters. The Kier molecular flexibility index (Phi) is 7.08. The van der Waals surface area contributed by atoms with Gasteiger partial charge >= 0.3 is 13.2 Å². The first-order valence-corrected chi connectivity index (χ1v) is 10.2. The average molecular weight is 399 g/mol. The molecule has 0 aromatic rings. The van der Waals surface area contributed by atoms with Gasteiger partial charge in [0.1, 0.15) is 6.61 Å². The van der Waals surface area contributed by atoms with Crippen LogP contribution in [0.2, 0.25) is 0 Å². The molecule has 0 bridgehead atoms. The lowest BCUT2D eigenvalue weighted by atomic mass is 9.65. The summed E-state index contributed by atoms with van der Waals surface area (Å²) in [5.74, 6) is 2.46. The van der Waals surface area contributed by atoms with Crippen molar-refractivity contribution in [2.45, 2.75) is 78.6 Å². The average Bonchev–Trinajstić information content (AvgIpc) is 2.82. The van der Waals surface area contributed by atoms with Crippen molar-refractivity contribution >= 4 is 13.2 Å². The maximum atomic E-state index is 12.4. The van der Waals surface area contributed by atoms with Crippen molar-refractivity contribution in [1.29, 1.82) is 0 Å². The largest absolute Gasteiger partial charge is 0.490 e. The molecule has 0 radical (unpaired) electrons. The molecule has 6 heteroatoms. The lowest BCUT2D eigenvalue weighted by Gasteiger charge is -2.37. The topological polar surface area (TPSA) is 56.8 Å². The quantitative estimate of drug-likeness (QED) is 0.417. The van der Waals surface area contributed by atoms with Crippen LogP contribution in [-0.2, 0) is 14.0 Å². The summed E-state index contributed by atoms with van der Waals surface area (Å²) in [6.45, 7) is 14.5. The fourth-order valence-corrected chi connectivity index (χ4v) is 3.35. The van der Waals surface area contributed by atoms with Crippen molar-refractivity contribution < 1.29 is 18.8 Å². The first kappa shape index (κ1) is 23.3. The van der Waals surface area contributed by atoms with Gasteiger partial charge in [-0.2, -0.15) is 0 Å². The van der Waals surface area contributed by atoms with Crippen LogP contribution in [-0.4, -0.2) is 37.1 Å². The van der Waals surface area contributed by atoms with Crippen LogP contribution in [0.1, 0.15) is 61.3 Å². The Morgan fingerprint density at radius 2 is 1.93 bits per heavy atom. The summed E-state index contributed by atoms with van der Waals surface area (Å²) < 4.78 is 17.8. The van der Waals surface area contributed by atoms with Crippen molar-refractivity contribution in [3.05, 3.63) is 35.3 Å². The van der Waals surface area contributed by atoms with Gasteiger partial charge in [0.15, 0.2) is 0 Å². The van der Waals surface area contributed by atoms with Gasteiger partial charge in [-0.05, 0) is 70.0 Å². The Bertz CT molecular complexity index is 739. The highest BCUT2D eigenvalue weighted by atomic mass is 16.7. The van der Waals surface area contributed by atoms with Crippen LogP contribution in [0.25, 0.3) is 0 Å². The maximum absolute atomic E-state index is 12.4. The summed E-state index contributed by atoms with van der Waals surface area (Å²) in [5, 5.41) is 2.99. The standard InChI is InChI=1S/C23H34BNO4/c1-9-11-17(12-10-2)16-27-20(26)25-19-15-18(13-14-21(19,3)4)24-28-22(5,6)23(7,8)29-24/h1,10-12,15,19H,13-14,16H2,2-8H3,(H,25,26). The maximum Gasteiger partial charge on any atom is 0.490 e. The Morgan fingerprint density at radius 1 is 1.31 bits per heavy atom. The van der Waals surface area contributed by atoms with Crippen LogP contribution in [0.3, 0.4) is 0 Å². The van der Waals surface area contributed by atoms with Gasteiger partial charge in [-0.15, -0.1) is 6.42 Å². The van der Waals surface area contributed by atoms with Gasteiger partial charge < -0.3 is 19.4 Å². The van der Waals surface area contributed by atoms with E-state index in [9.17, 15) is 4.79 Å². The number of terminal acetylenes is 1. The molecule has 0 spiro atoms. The highest BCUT2D eigenvalue weighted by Gasteiger charge is 2.53. The first-order chi connectivity index (χ1) is 13.4. The number of hydrogen-bond donors (Lipinski definition) is 1. The van der Waals surface area contributed by atoms with E-state index in [2.05, 4.69) is 31.2 Å². The molecule has 1 aliphatic heterocycles. The van der Waals surface area contributed by atoms with E-state index in [-0.39, 0.29) is 29.3 Å². The fraction of sp³-hybridized carbons (Fsp3) is 0.609. The third-order valence-corrected chi connectivity index (χ3v) is 6.13. The van der Waals surface area contributed by atoms with E-state index in [1.54, 1.807) is 6.08 Å². The zero-order chi connectivity index (χ0) is 21.9. The van der Waals surface area contributed by atoms with Gasteiger partial charge in [0.2, 0.25) is 0 Å². The zero-order valence-electron chi connectivity index (χ0n) is 18.8. The molecule has 0 saturated carbocycles. The van der Waals surface area contributed by atoms with Crippen LogP contribution in [0.4, 0.5) is 4.79 Å². The Labute approximate surface area is 176 Å². The van der Waals surface area contributed by atoms with Crippen LogP contribution in [0.15, 0.2) is 35.3 Å². The minimum absolute atomic E-state index is 0.104. The number of allylic oxidation sites excluding steroid dienone is 3. The van der Waals surface area contributed by atoms with Gasteiger partial charge in [0, 0.05) is 0 Å². The molecular formula is C23H34BNO4. The third kappa shape index (κ3) is 5.55. The van der Waals surface area contributed by atoms with E-state index >= 15 is 0 Å². The first-order valence-electron chi connectivity index (χ1n) is 10.2. The highest BCUT2D eigenvalue weighted by molar-refractivity contribution is 6.54. The second-order valence-corrected chi connectivity index (χ2v) is 9.40. The Balaban J connectivity index is 2.08. The predicted octanol–water partition coefficient (Wildman–Crippen LogP) is 4.59. The molecule has 5 nitrogen and oxygen atoms in total. The van der Waals surface area contributed by atoms with E-state index < -0.39 is 13.2 Å². The monoisotopic (exact) mass is 399 g/mol. The van der Waals surface area contributed by atoms with E-state index in [0.29, 0.717) is 0 Å². The molecule has 29 heavy (non-hydrogen) atoms. The number of rotatable bonds is 5. The number of nitrogens with one attached hydrogen (secondary N) is 1. The molecule has 0 aromatic heterocycles. The Morgan fingerprint density at radius 3 is 2.48 bits per heavy atom. The molecular weight excluding hydrogens is 365 g/mol. The third-order valence-electron chi connectivity index (χ3n) is 6.13. The van der Waals surface area contributed by atoms with E-state index in [1.807, 2.05) is 46.8 Å². The molecule has 1 amide bonds. The van der Waals surface area contributed by atoms with Crippen LogP contribution < -0.4 is 5.32 Å². The molecule has 2 aliphatic rings. The van der Waals surface area contributed by atoms with Crippen molar-refractivity contribution in [2.75, 3.05) is 6.61 Å². The summed E-state index contributed by atoms with van der Waals surface area (Å²) in [5.41, 5.74) is 0.948. The molecule has 158 valence electrons. The highest BCUT2D eigenvalue weighted by Crippen LogP contribution is 2.42. The summed E-state index contributed by atoms with van der Waals surface area (Å²) in [7, 11) is -0.392. The van der Waals surface area contributed by atoms with Crippen molar-refractivity contribution in [2.24, 2.45) is 5.41 Å². The lowest BCUT2D eigenvalue weighted by molar-refractivity contribution is 0.00578. The number of hydrogen-bond acceptors (Lipinski definition) is 4. The summed E-state index contributed by atoms with van der Waals surface area (Å²) in [4.78, 5) is 12.4. The minimum Gasteiger partial charge on any atom is -0.445 e. The molecule has 1 heterocycles. The van der Waals surface area contributed by atoms with Gasteiger partial charge in [-0.1, -0.05) is 38.0 Å². The molecule has 1 aliphatic carbocycles. The summed E-state index contributed by atoms with van der Waals surface area (Å²) >= 11 is 0. The lowest BCUT2D eigenvalue weighted by Crippen LogP contribution is -2.47. The molecule has 0 aromatic carbocycles. The van der Waals surface area contributed by atoms with Crippen molar-refractivity contribution in [3.63, 3.8) is 0 Å². The Hall–Kier alpha value is -1.97. The SMILES string of the molecule is C#CC=C(C=CC)COC(=O)NC1C=C(B2OC(C)(C)C(C)(C)O2)CCC1(C)C. The van der Waals surface area contributed by atoms with Crippen LogP contribution in [0.5, 0.6) is 0 Å². The number of carbonyl (C=O) groups excluding carboxylic acids is 1.